The van der Waals surface area contributed by atoms with Gasteiger partial charge in [0.05, 0.1) is 28.2 Å². The van der Waals surface area contributed by atoms with Gasteiger partial charge >= 0.3 is 0 Å². The van der Waals surface area contributed by atoms with E-state index in [1.165, 1.54) is 0 Å². The van der Waals surface area contributed by atoms with E-state index in [9.17, 15) is 25.0 Å². The fourth-order valence-corrected chi connectivity index (χ4v) is 2.02. The molecule has 0 atom stereocenters. The van der Waals surface area contributed by atoms with Gasteiger partial charge in [-0.05, 0) is 25.1 Å². The predicted molar refractivity (Wildman–Crippen MR) is 85.3 cm³/mol. The van der Waals surface area contributed by atoms with Gasteiger partial charge in [0.15, 0.2) is 0 Å². The van der Waals surface area contributed by atoms with Crippen LogP contribution in [0.15, 0.2) is 42.5 Å². The first-order valence-electron chi connectivity index (χ1n) is 6.90. The van der Waals surface area contributed by atoms with Gasteiger partial charge in [0, 0.05) is 6.07 Å². The number of rotatable bonds is 6. The van der Waals surface area contributed by atoms with Crippen molar-refractivity contribution in [3.8, 4) is 5.75 Å². The normalized spacial score (nSPS) is 10.0. The van der Waals surface area contributed by atoms with Gasteiger partial charge in [-0.3, -0.25) is 25.0 Å². The molecule has 1 N–H and O–H groups in total. The van der Waals surface area contributed by atoms with Gasteiger partial charge < -0.3 is 10.1 Å². The number of para-hydroxylation sites is 2. The Kier molecular flexibility index (Phi) is 5.05. The largest absolute Gasteiger partial charge is 0.492 e. The van der Waals surface area contributed by atoms with Crippen LogP contribution in [0, 0.1) is 20.2 Å². The lowest BCUT2D eigenvalue weighted by Gasteiger charge is -2.11. The number of ether oxygens (including phenoxy) is 1. The third kappa shape index (κ3) is 3.64. The van der Waals surface area contributed by atoms with Crippen molar-refractivity contribution in [2.24, 2.45) is 0 Å². The summed E-state index contributed by atoms with van der Waals surface area (Å²) in [6.45, 7) is 2.16. The van der Waals surface area contributed by atoms with Crippen LogP contribution in [0.1, 0.15) is 17.3 Å². The standard InChI is InChI=1S/C15H13N3O6/c1-2-24-14-6-4-3-5-12(14)16-15(19)11-8-7-10(17(20)21)9-13(11)18(22)23/h3-9H,2H2,1H3,(H,16,19). The molecule has 2 rings (SSSR count). The Morgan fingerprint density at radius 2 is 1.83 bits per heavy atom. The van der Waals surface area contributed by atoms with Crippen LogP contribution in [-0.2, 0) is 0 Å². The minimum Gasteiger partial charge on any atom is -0.492 e. The summed E-state index contributed by atoms with van der Waals surface area (Å²) in [7, 11) is 0. The third-order valence-electron chi connectivity index (χ3n) is 3.07. The molecule has 9 heteroatoms. The minimum absolute atomic E-state index is 0.281. The maximum absolute atomic E-state index is 12.3. The van der Waals surface area contributed by atoms with E-state index >= 15 is 0 Å². The summed E-state index contributed by atoms with van der Waals surface area (Å²) in [5, 5.41) is 24.3. The number of anilines is 1. The molecule has 0 aromatic heterocycles. The number of nitrogens with zero attached hydrogens (tertiary/aromatic N) is 2. The van der Waals surface area contributed by atoms with Crippen molar-refractivity contribution in [2.45, 2.75) is 6.92 Å². The highest BCUT2D eigenvalue weighted by atomic mass is 16.6. The zero-order valence-corrected chi connectivity index (χ0v) is 12.6. The first kappa shape index (κ1) is 16.9. The lowest BCUT2D eigenvalue weighted by molar-refractivity contribution is -0.394. The van der Waals surface area contributed by atoms with Gasteiger partial charge in [-0.1, -0.05) is 12.1 Å². The second kappa shape index (κ2) is 7.18. The summed E-state index contributed by atoms with van der Waals surface area (Å²) < 4.78 is 5.36. The minimum atomic E-state index is -0.837. The Balaban J connectivity index is 2.37. The second-order valence-corrected chi connectivity index (χ2v) is 4.60. The van der Waals surface area contributed by atoms with Gasteiger partial charge in [0.2, 0.25) is 0 Å². The van der Waals surface area contributed by atoms with E-state index in [2.05, 4.69) is 5.32 Å². The van der Waals surface area contributed by atoms with Crippen molar-refractivity contribution in [3.05, 3.63) is 68.3 Å². The van der Waals surface area contributed by atoms with Gasteiger partial charge in [0.25, 0.3) is 17.3 Å². The highest BCUT2D eigenvalue weighted by Gasteiger charge is 2.24. The number of non-ortho nitro benzene ring substituents is 1. The van der Waals surface area contributed by atoms with E-state index in [-0.39, 0.29) is 5.56 Å². The number of hydrogen-bond donors (Lipinski definition) is 1. The van der Waals surface area contributed by atoms with E-state index in [0.29, 0.717) is 18.0 Å². The van der Waals surface area contributed by atoms with Crippen LogP contribution in [-0.4, -0.2) is 22.4 Å². The first-order valence-corrected chi connectivity index (χ1v) is 6.90. The van der Waals surface area contributed by atoms with Crippen molar-refractivity contribution in [1.29, 1.82) is 0 Å². The van der Waals surface area contributed by atoms with Crippen LogP contribution in [0.2, 0.25) is 0 Å². The van der Waals surface area contributed by atoms with Crippen molar-refractivity contribution >= 4 is 23.0 Å². The van der Waals surface area contributed by atoms with Crippen LogP contribution < -0.4 is 10.1 Å². The quantitative estimate of drug-likeness (QED) is 0.640. The highest BCUT2D eigenvalue weighted by Crippen LogP contribution is 2.28. The number of benzene rings is 2. The average Bonchev–Trinajstić information content (AvgIpc) is 2.56. The fraction of sp³-hybridized carbons (Fsp3) is 0.133. The molecular formula is C15H13N3O6. The van der Waals surface area contributed by atoms with E-state index in [1.807, 2.05) is 0 Å². The molecule has 0 saturated carbocycles. The SMILES string of the molecule is CCOc1ccccc1NC(=O)c1ccc([N+](=O)[O-])cc1[N+](=O)[O-]. The van der Waals surface area contributed by atoms with Gasteiger partial charge in [0.1, 0.15) is 11.3 Å². The molecule has 0 unspecified atom stereocenters. The van der Waals surface area contributed by atoms with E-state index in [4.69, 9.17) is 4.74 Å². The van der Waals surface area contributed by atoms with Crippen molar-refractivity contribution in [1.82, 2.24) is 0 Å². The van der Waals surface area contributed by atoms with Crippen molar-refractivity contribution in [2.75, 3.05) is 11.9 Å². The molecule has 2 aromatic carbocycles. The van der Waals surface area contributed by atoms with Gasteiger partial charge in [-0.15, -0.1) is 0 Å². The maximum atomic E-state index is 12.3. The number of nitro groups is 2. The molecule has 24 heavy (non-hydrogen) atoms. The summed E-state index contributed by atoms with van der Waals surface area (Å²) in [5.74, 6) is -0.346. The topological polar surface area (TPSA) is 125 Å². The zero-order chi connectivity index (χ0) is 17.7. The average molecular weight is 331 g/mol. The summed E-state index contributed by atoms with van der Waals surface area (Å²) >= 11 is 0. The zero-order valence-electron chi connectivity index (χ0n) is 12.6. The van der Waals surface area contributed by atoms with Crippen molar-refractivity contribution < 1.29 is 19.4 Å². The molecule has 0 fully saturated rings. The lowest BCUT2D eigenvalue weighted by Crippen LogP contribution is -2.15. The molecule has 1 amide bonds. The van der Waals surface area contributed by atoms with E-state index in [0.717, 1.165) is 18.2 Å². The molecule has 0 saturated heterocycles. The molecule has 0 heterocycles. The lowest BCUT2D eigenvalue weighted by atomic mass is 10.1. The maximum Gasteiger partial charge on any atom is 0.289 e. The summed E-state index contributed by atoms with van der Waals surface area (Å²) in [6.07, 6.45) is 0. The third-order valence-corrected chi connectivity index (χ3v) is 3.07. The number of amides is 1. The highest BCUT2D eigenvalue weighted by molar-refractivity contribution is 6.07. The van der Waals surface area contributed by atoms with Crippen LogP contribution in [0.5, 0.6) is 5.75 Å². The molecule has 0 spiro atoms. The summed E-state index contributed by atoms with van der Waals surface area (Å²) in [6, 6.07) is 9.45. The molecule has 2 aromatic rings. The smallest absolute Gasteiger partial charge is 0.289 e. The molecule has 124 valence electrons. The molecule has 0 aliphatic rings. The van der Waals surface area contributed by atoms with Crippen LogP contribution in [0.3, 0.4) is 0 Å². The van der Waals surface area contributed by atoms with Crippen LogP contribution in [0.25, 0.3) is 0 Å². The predicted octanol–water partition coefficient (Wildman–Crippen LogP) is 3.15. The van der Waals surface area contributed by atoms with Crippen LogP contribution in [0.4, 0.5) is 17.1 Å². The number of nitrogens with one attached hydrogen (secondary N) is 1. The number of carbonyl (C=O) groups is 1. The Bertz CT molecular complexity index is 806. The molecule has 0 radical (unpaired) electrons. The molecule has 0 bridgehead atoms. The summed E-state index contributed by atoms with van der Waals surface area (Å²) in [4.78, 5) is 32.6. The Morgan fingerprint density at radius 1 is 1.12 bits per heavy atom. The Hall–Kier alpha value is -3.49. The number of hydrogen-bond acceptors (Lipinski definition) is 6. The summed E-state index contributed by atoms with van der Waals surface area (Å²) in [5.41, 5.74) is -1.04. The molecule has 9 nitrogen and oxygen atoms in total. The van der Waals surface area contributed by atoms with Crippen LogP contribution >= 0.6 is 0 Å². The molecule has 0 aliphatic carbocycles. The number of carbonyl (C=O) groups excluding carboxylic acids is 1. The van der Waals surface area contributed by atoms with E-state index < -0.39 is 27.1 Å². The first-order chi connectivity index (χ1) is 11.4. The fourth-order valence-electron chi connectivity index (χ4n) is 2.02. The second-order valence-electron chi connectivity index (χ2n) is 4.60. The van der Waals surface area contributed by atoms with E-state index in [1.54, 1.807) is 31.2 Å². The van der Waals surface area contributed by atoms with Crippen molar-refractivity contribution in [3.63, 3.8) is 0 Å². The Morgan fingerprint density at radius 3 is 2.46 bits per heavy atom. The van der Waals surface area contributed by atoms with Gasteiger partial charge in [-0.25, -0.2) is 0 Å². The Labute approximate surface area is 136 Å². The van der Waals surface area contributed by atoms with Gasteiger partial charge in [-0.2, -0.15) is 0 Å². The molecule has 0 aliphatic heterocycles. The monoisotopic (exact) mass is 331 g/mol. The number of nitro benzene ring substituents is 2. The molecular weight excluding hydrogens is 318 g/mol.